The van der Waals surface area contributed by atoms with E-state index in [1.54, 1.807) is 6.92 Å². The lowest BCUT2D eigenvalue weighted by Gasteiger charge is -2.21. The highest BCUT2D eigenvalue weighted by molar-refractivity contribution is 5.83. The van der Waals surface area contributed by atoms with Crippen molar-refractivity contribution in [1.82, 2.24) is 10.6 Å². The van der Waals surface area contributed by atoms with Gasteiger partial charge < -0.3 is 51.1 Å². The van der Waals surface area contributed by atoms with Crippen molar-refractivity contribution < 1.29 is 59.7 Å². The summed E-state index contributed by atoms with van der Waals surface area (Å²) in [5.74, 6) is -3.66. The van der Waals surface area contributed by atoms with Crippen molar-refractivity contribution in [1.29, 1.82) is 0 Å². The van der Waals surface area contributed by atoms with Crippen LogP contribution in [0, 0.1) is 0 Å². The van der Waals surface area contributed by atoms with Crippen LogP contribution in [0.15, 0.2) is 0 Å². The van der Waals surface area contributed by atoms with E-state index in [1.807, 2.05) is 5.32 Å². The van der Waals surface area contributed by atoms with Gasteiger partial charge in [-0.3, -0.25) is 14.4 Å². The number of amides is 2. The van der Waals surface area contributed by atoms with Crippen molar-refractivity contribution in [2.45, 2.75) is 64.0 Å². The molecule has 0 aromatic carbocycles. The molecule has 2 amide bonds. The third-order valence-electron chi connectivity index (χ3n) is 3.27. The molecule has 32 heavy (non-hydrogen) atoms. The second kappa shape index (κ2) is 23.3. The zero-order valence-corrected chi connectivity index (χ0v) is 19.2. The van der Waals surface area contributed by atoms with Crippen LogP contribution in [0.5, 0.6) is 0 Å². The number of rotatable bonds is 11. The molecule has 3 unspecified atom stereocenters. The molecule has 14 nitrogen and oxygen atoms in total. The smallest absolute Gasteiger partial charge is 0.328 e. The lowest BCUT2D eigenvalue weighted by atomic mass is 10.1. The Morgan fingerprint density at radius 3 is 1.59 bits per heavy atom. The summed E-state index contributed by atoms with van der Waals surface area (Å²) in [4.78, 5) is 41.8. The van der Waals surface area contributed by atoms with Gasteiger partial charge in [0.1, 0.15) is 0 Å². The number of methoxy groups -OCH3 is 1. The van der Waals surface area contributed by atoms with Crippen LogP contribution in [0.2, 0.25) is 0 Å². The first kappa shape index (κ1) is 37.0. The lowest BCUT2D eigenvalue weighted by molar-refractivity contribution is -0.147. The Kier molecular flexibility index (Phi) is 26.9. The summed E-state index contributed by atoms with van der Waals surface area (Å²) in [5.41, 5.74) is 0. The van der Waals surface area contributed by atoms with Crippen molar-refractivity contribution >= 4 is 23.8 Å². The van der Waals surface area contributed by atoms with E-state index >= 15 is 0 Å². The minimum Gasteiger partial charge on any atom is -0.481 e. The molecule has 0 aliphatic rings. The SMILES string of the molecule is CC(=O)NC(C(=O)O)[C@H](O)CC(=O)O.CO.CO.COCC(O)C[C@@H](O)C(C)NC(C)=O. The number of carbonyl (C=O) groups excluding carboxylic acids is 2. The van der Waals surface area contributed by atoms with Crippen molar-refractivity contribution in [3.05, 3.63) is 0 Å². The monoisotopic (exact) mass is 474 g/mol. The fourth-order valence-corrected chi connectivity index (χ4v) is 2.00. The predicted octanol–water partition coefficient (Wildman–Crippen LogP) is -3.10. The number of aliphatic carboxylic acids is 2. The first-order chi connectivity index (χ1) is 14.8. The minimum atomic E-state index is -1.64. The lowest BCUT2D eigenvalue weighted by Crippen LogP contribution is -2.48. The third-order valence-corrected chi connectivity index (χ3v) is 3.27. The zero-order valence-electron chi connectivity index (χ0n) is 19.2. The summed E-state index contributed by atoms with van der Waals surface area (Å²) in [5, 5.41) is 63.3. The van der Waals surface area contributed by atoms with Gasteiger partial charge in [-0.15, -0.1) is 0 Å². The molecule has 14 heteroatoms. The van der Waals surface area contributed by atoms with Crippen LogP contribution in [0.1, 0.15) is 33.6 Å². The Balaban J connectivity index is -0.000000212. The van der Waals surface area contributed by atoms with E-state index in [0.29, 0.717) is 0 Å². The molecule has 0 bridgehead atoms. The first-order valence-electron chi connectivity index (χ1n) is 9.23. The largest absolute Gasteiger partial charge is 0.481 e. The average Bonchev–Trinajstić information content (AvgIpc) is 2.68. The number of hydrogen-bond acceptors (Lipinski definition) is 10. The van der Waals surface area contributed by atoms with Crippen molar-refractivity contribution in [2.75, 3.05) is 27.9 Å². The van der Waals surface area contributed by atoms with Gasteiger partial charge in [-0.25, -0.2) is 4.79 Å². The summed E-state index contributed by atoms with van der Waals surface area (Å²) in [6, 6.07) is -1.96. The standard InChI is InChI=1S/C9H19NO4.C7H11NO6.2CH4O/c1-6(10-7(2)11)9(13)4-8(12)5-14-3;1-3(9)8-6(7(13)14)4(10)2-5(11)12;2*1-2/h6,8-9,12-13H,4-5H2,1-3H3,(H,10,11);4,6,10H,2H2,1H3,(H,8,9)(H,11,12)(H,13,14);2*2H,1H3/t6?,8?,9-;4-,6?;;/m11../s1. The minimum absolute atomic E-state index is 0.184. The van der Waals surface area contributed by atoms with E-state index in [4.69, 9.17) is 30.3 Å². The molecule has 9 N–H and O–H groups in total. The van der Waals surface area contributed by atoms with Crippen LogP contribution in [0.3, 0.4) is 0 Å². The van der Waals surface area contributed by atoms with Crippen LogP contribution < -0.4 is 10.6 Å². The van der Waals surface area contributed by atoms with E-state index in [9.17, 15) is 29.4 Å². The van der Waals surface area contributed by atoms with E-state index in [1.165, 1.54) is 14.0 Å². The average molecular weight is 475 g/mol. The highest BCUT2D eigenvalue weighted by atomic mass is 16.5. The highest BCUT2D eigenvalue weighted by Gasteiger charge is 2.28. The maximum atomic E-state index is 10.7. The van der Waals surface area contributed by atoms with Crippen molar-refractivity contribution in [3.8, 4) is 0 Å². The zero-order chi connectivity index (χ0) is 26.4. The number of carboxylic acids is 2. The normalized spacial score (nSPS) is 14.1. The molecule has 0 saturated carbocycles. The Morgan fingerprint density at radius 2 is 1.28 bits per heavy atom. The first-order valence-corrected chi connectivity index (χ1v) is 9.23. The Morgan fingerprint density at radius 1 is 0.844 bits per heavy atom. The molecule has 0 aromatic heterocycles. The van der Waals surface area contributed by atoms with Crippen molar-refractivity contribution in [3.63, 3.8) is 0 Å². The highest BCUT2D eigenvalue weighted by Crippen LogP contribution is 2.03. The number of nitrogens with one attached hydrogen (secondary N) is 2. The van der Waals surface area contributed by atoms with Crippen molar-refractivity contribution in [2.24, 2.45) is 0 Å². The molecule has 0 heterocycles. The molecule has 0 aliphatic carbocycles. The molecule has 0 radical (unpaired) electrons. The Bertz CT molecular complexity index is 518. The van der Waals surface area contributed by atoms with E-state index in [0.717, 1.165) is 21.1 Å². The fraction of sp³-hybridized carbons (Fsp3) is 0.778. The number of aliphatic hydroxyl groups excluding tert-OH is 5. The summed E-state index contributed by atoms with van der Waals surface area (Å²) >= 11 is 0. The number of ether oxygens (including phenoxy) is 1. The molecular weight excluding hydrogens is 436 g/mol. The molecule has 0 aromatic rings. The summed E-state index contributed by atoms with van der Waals surface area (Å²) in [6.45, 7) is 4.33. The molecule has 0 aliphatic heterocycles. The topological polar surface area (TPSA) is 243 Å². The number of carboxylic acid groups (broad SMARTS) is 2. The van der Waals surface area contributed by atoms with Crippen LogP contribution in [-0.4, -0.2) is 118 Å². The second-order valence-electron chi connectivity index (χ2n) is 6.08. The summed E-state index contributed by atoms with van der Waals surface area (Å²) in [7, 11) is 3.48. The van der Waals surface area contributed by atoms with Crippen LogP contribution in [0.4, 0.5) is 0 Å². The van der Waals surface area contributed by atoms with Gasteiger partial charge in [0.05, 0.1) is 37.4 Å². The van der Waals surface area contributed by atoms with E-state index < -0.39 is 48.6 Å². The summed E-state index contributed by atoms with van der Waals surface area (Å²) < 4.78 is 4.72. The Labute approximate surface area is 186 Å². The molecule has 192 valence electrons. The van der Waals surface area contributed by atoms with Gasteiger partial charge in [-0.2, -0.15) is 0 Å². The van der Waals surface area contributed by atoms with Gasteiger partial charge >= 0.3 is 11.9 Å². The summed E-state index contributed by atoms with van der Waals surface area (Å²) in [6.07, 6.45) is -3.66. The van der Waals surface area contributed by atoms with Gasteiger partial charge in [0.25, 0.3) is 0 Å². The second-order valence-corrected chi connectivity index (χ2v) is 6.08. The van der Waals surface area contributed by atoms with Gasteiger partial charge in [0.15, 0.2) is 6.04 Å². The molecular formula is C18H38N2O12. The van der Waals surface area contributed by atoms with Gasteiger partial charge in [0, 0.05) is 41.6 Å². The van der Waals surface area contributed by atoms with Crippen LogP contribution >= 0.6 is 0 Å². The van der Waals surface area contributed by atoms with Gasteiger partial charge in [0.2, 0.25) is 11.8 Å². The molecule has 5 atom stereocenters. The van der Waals surface area contributed by atoms with E-state index in [-0.39, 0.29) is 25.0 Å². The molecule has 0 saturated heterocycles. The Hall–Kier alpha value is -2.36. The molecule has 0 rings (SSSR count). The maximum Gasteiger partial charge on any atom is 0.328 e. The van der Waals surface area contributed by atoms with Crippen LogP contribution in [0.25, 0.3) is 0 Å². The maximum absolute atomic E-state index is 10.7. The molecule has 0 fully saturated rings. The number of hydrogen-bond donors (Lipinski definition) is 9. The van der Waals surface area contributed by atoms with Gasteiger partial charge in [-0.1, -0.05) is 0 Å². The molecule has 0 spiro atoms. The van der Waals surface area contributed by atoms with E-state index in [2.05, 4.69) is 5.32 Å². The van der Waals surface area contributed by atoms with Crippen LogP contribution in [-0.2, 0) is 23.9 Å². The number of aliphatic hydroxyl groups is 5. The third kappa shape index (κ3) is 23.9. The number of carbonyl (C=O) groups is 4. The fourth-order valence-electron chi connectivity index (χ4n) is 2.00. The predicted molar refractivity (Wildman–Crippen MR) is 112 cm³/mol. The van der Waals surface area contributed by atoms with Gasteiger partial charge in [-0.05, 0) is 6.92 Å². The quantitative estimate of drug-likeness (QED) is 0.144.